The molecule has 5 aromatic rings. The number of pyridine rings is 1. The first-order valence-electron chi connectivity index (χ1n) is 10.5. The van der Waals surface area contributed by atoms with Crippen LogP contribution in [0.3, 0.4) is 0 Å². The summed E-state index contributed by atoms with van der Waals surface area (Å²) in [6, 6.07) is 29.2. The quantitative estimate of drug-likeness (QED) is 0.412. The van der Waals surface area contributed by atoms with Crippen molar-refractivity contribution in [3.05, 3.63) is 120 Å². The summed E-state index contributed by atoms with van der Waals surface area (Å²) < 4.78 is 0. The molecule has 0 aliphatic rings. The zero-order valence-electron chi connectivity index (χ0n) is 17.6. The van der Waals surface area contributed by atoms with Crippen molar-refractivity contribution in [3.8, 4) is 17.0 Å². The molecule has 6 nitrogen and oxygen atoms in total. The van der Waals surface area contributed by atoms with E-state index >= 15 is 0 Å². The average molecular weight is 432 g/mol. The summed E-state index contributed by atoms with van der Waals surface area (Å²) in [5, 5.41) is 23.0. The van der Waals surface area contributed by atoms with Crippen LogP contribution in [-0.2, 0) is 0 Å². The molecule has 1 atom stereocenters. The van der Waals surface area contributed by atoms with E-state index in [0.29, 0.717) is 22.3 Å². The molecule has 0 aliphatic carbocycles. The Morgan fingerprint density at radius 2 is 1.52 bits per heavy atom. The molecule has 0 bridgehead atoms. The van der Waals surface area contributed by atoms with E-state index in [0.717, 1.165) is 11.1 Å². The van der Waals surface area contributed by atoms with Gasteiger partial charge in [-0.3, -0.25) is 4.79 Å². The van der Waals surface area contributed by atoms with Crippen LogP contribution in [0.1, 0.15) is 27.7 Å². The van der Waals surface area contributed by atoms with E-state index in [-0.39, 0.29) is 11.3 Å². The number of nitrogens with zero attached hydrogens (tertiary/aromatic N) is 3. The lowest BCUT2D eigenvalue weighted by Crippen LogP contribution is -2.30. The minimum absolute atomic E-state index is 0.164. The number of hydrogen-bond donors (Lipinski definition) is 2. The lowest BCUT2D eigenvalue weighted by molar-refractivity contribution is 0.0941. The second-order valence-corrected chi connectivity index (χ2v) is 7.53. The lowest BCUT2D eigenvalue weighted by atomic mass is 9.99. The van der Waals surface area contributed by atoms with Gasteiger partial charge in [0.2, 0.25) is 0 Å². The van der Waals surface area contributed by atoms with Crippen molar-refractivity contribution >= 4 is 16.8 Å². The Morgan fingerprint density at radius 1 is 0.818 bits per heavy atom. The third kappa shape index (κ3) is 4.02. The highest BCUT2D eigenvalue weighted by Gasteiger charge is 2.25. The number of aromatic nitrogens is 3. The highest BCUT2D eigenvalue weighted by atomic mass is 16.3. The van der Waals surface area contributed by atoms with Crippen LogP contribution in [0.5, 0.6) is 5.75 Å². The maximum Gasteiger partial charge on any atom is 0.256 e. The van der Waals surface area contributed by atoms with Gasteiger partial charge >= 0.3 is 0 Å². The molecular weight excluding hydrogens is 412 g/mol. The van der Waals surface area contributed by atoms with Gasteiger partial charge in [-0.2, -0.15) is 10.2 Å². The maximum absolute atomic E-state index is 13.7. The number of benzene rings is 3. The van der Waals surface area contributed by atoms with E-state index in [9.17, 15) is 9.90 Å². The predicted molar refractivity (Wildman–Crippen MR) is 127 cm³/mol. The molecule has 0 saturated carbocycles. The van der Waals surface area contributed by atoms with Gasteiger partial charge in [0.15, 0.2) is 5.75 Å². The summed E-state index contributed by atoms with van der Waals surface area (Å²) in [5.74, 6) is -0.592. The molecule has 1 unspecified atom stereocenters. The topological polar surface area (TPSA) is 88.0 Å². The Labute approximate surface area is 190 Å². The maximum atomic E-state index is 13.7. The zero-order valence-corrected chi connectivity index (χ0v) is 17.6. The van der Waals surface area contributed by atoms with E-state index in [1.165, 1.54) is 0 Å². The summed E-state index contributed by atoms with van der Waals surface area (Å²) in [4.78, 5) is 18.3. The van der Waals surface area contributed by atoms with E-state index in [2.05, 4.69) is 20.5 Å². The molecule has 1 amide bonds. The number of para-hydroxylation sites is 1. The number of amides is 1. The van der Waals surface area contributed by atoms with Crippen molar-refractivity contribution in [3.63, 3.8) is 0 Å². The fraction of sp³-hybridized carbons (Fsp3) is 0.0370. The highest BCUT2D eigenvalue weighted by molar-refractivity contribution is 6.10. The van der Waals surface area contributed by atoms with Crippen LogP contribution >= 0.6 is 0 Å². The molecular formula is C27H20N4O2. The van der Waals surface area contributed by atoms with Crippen LogP contribution in [0.15, 0.2) is 103 Å². The first kappa shape index (κ1) is 20.3. The number of aromatic hydroxyl groups is 1. The fourth-order valence-electron chi connectivity index (χ4n) is 3.87. The van der Waals surface area contributed by atoms with Gasteiger partial charge in [-0.05, 0) is 23.8 Å². The standard InChI is InChI=1S/C27H20N4O2/c32-26-23(20-14-7-8-15-21(20)29-25(26)19-12-5-2-6-13-19)27(33)30-24(18-10-3-1-4-11-18)22-16-9-17-28-31-22/h1-17,24,32H,(H,30,33). The average Bonchev–Trinajstić information content (AvgIpc) is 2.88. The van der Waals surface area contributed by atoms with Crippen LogP contribution in [0, 0.1) is 0 Å². The molecule has 160 valence electrons. The number of nitrogens with one attached hydrogen (secondary N) is 1. The molecule has 3 aromatic carbocycles. The van der Waals surface area contributed by atoms with Crippen LogP contribution in [0.2, 0.25) is 0 Å². The Hall–Kier alpha value is -4.58. The zero-order chi connectivity index (χ0) is 22.6. The molecule has 0 aliphatic heterocycles. The van der Waals surface area contributed by atoms with E-state index in [4.69, 9.17) is 0 Å². The minimum Gasteiger partial charge on any atom is -0.505 e. The highest BCUT2D eigenvalue weighted by Crippen LogP contribution is 2.35. The third-order valence-electron chi connectivity index (χ3n) is 5.44. The lowest BCUT2D eigenvalue weighted by Gasteiger charge is -2.20. The van der Waals surface area contributed by atoms with Gasteiger partial charge in [-0.25, -0.2) is 4.98 Å². The first-order chi connectivity index (χ1) is 16.2. The largest absolute Gasteiger partial charge is 0.505 e. The smallest absolute Gasteiger partial charge is 0.256 e. The van der Waals surface area contributed by atoms with Crippen molar-refractivity contribution < 1.29 is 9.90 Å². The molecule has 5 rings (SSSR count). The van der Waals surface area contributed by atoms with Gasteiger partial charge in [0.1, 0.15) is 5.69 Å². The van der Waals surface area contributed by atoms with Crippen molar-refractivity contribution in [2.24, 2.45) is 0 Å². The second kappa shape index (κ2) is 8.88. The van der Waals surface area contributed by atoms with E-state index < -0.39 is 11.9 Å². The second-order valence-electron chi connectivity index (χ2n) is 7.53. The molecule has 6 heteroatoms. The first-order valence-corrected chi connectivity index (χ1v) is 10.5. The normalized spacial score (nSPS) is 11.8. The summed E-state index contributed by atoms with van der Waals surface area (Å²) in [7, 11) is 0. The van der Waals surface area contributed by atoms with Gasteiger partial charge in [0.25, 0.3) is 5.91 Å². The van der Waals surface area contributed by atoms with Crippen LogP contribution in [0.4, 0.5) is 0 Å². The molecule has 0 radical (unpaired) electrons. The van der Waals surface area contributed by atoms with Gasteiger partial charge in [-0.15, -0.1) is 0 Å². The number of carbonyl (C=O) groups excluding carboxylic acids is 1. The fourth-order valence-corrected chi connectivity index (χ4v) is 3.87. The molecule has 0 fully saturated rings. The van der Waals surface area contributed by atoms with Gasteiger partial charge in [-0.1, -0.05) is 78.9 Å². The summed E-state index contributed by atoms with van der Waals surface area (Å²) in [6.07, 6.45) is 1.59. The summed E-state index contributed by atoms with van der Waals surface area (Å²) in [5.41, 5.74) is 3.32. The molecule has 2 heterocycles. The van der Waals surface area contributed by atoms with E-state index in [1.54, 1.807) is 18.3 Å². The van der Waals surface area contributed by atoms with Gasteiger partial charge < -0.3 is 10.4 Å². The number of carbonyl (C=O) groups is 1. The number of rotatable bonds is 5. The molecule has 2 aromatic heterocycles. The van der Waals surface area contributed by atoms with Crippen molar-refractivity contribution in [2.45, 2.75) is 6.04 Å². The third-order valence-corrected chi connectivity index (χ3v) is 5.44. The Balaban J connectivity index is 1.64. The van der Waals surface area contributed by atoms with Crippen LogP contribution in [-0.4, -0.2) is 26.2 Å². The van der Waals surface area contributed by atoms with Gasteiger partial charge in [0.05, 0.1) is 22.8 Å². The summed E-state index contributed by atoms with van der Waals surface area (Å²) in [6.45, 7) is 0. The molecule has 33 heavy (non-hydrogen) atoms. The minimum atomic E-state index is -0.543. The van der Waals surface area contributed by atoms with E-state index in [1.807, 2.05) is 84.9 Å². The number of fused-ring (bicyclic) bond motifs is 1. The molecule has 2 N–H and O–H groups in total. The Bertz CT molecular complexity index is 1370. The monoisotopic (exact) mass is 432 g/mol. The molecule has 0 saturated heterocycles. The molecule has 0 spiro atoms. The number of hydrogen-bond acceptors (Lipinski definition) is 5. The Morgan fingerprint density at radius 3 is 2.24 bits per heavy atom. The van der Waals surface area contributed by atoms with Crippen LogP contribution in [0.25, 0.3) is 22.2 Å². The Kier molecular flexibility index (Phi) is 5.47. The van der Waals surface area contributed by atoms with Crippen molar-refractivity contribution in [1.82, 2.24) is 20.5 Å². The van der Waals surface area contributed by atoms with Gasteiger partial charge in [0, 0.05) is 17.1 Å². The SMILES string of the molecule is O=C(NC(c1ccccc1)c1cccnn1)c1c(O)c(-c2ccccc2)nc2ccccc12. The summed E-state index contributed by atoms with van der Waals surface area (Å²) >= 11 is 0. The van der Waals surface area contributed by atoms with Crippen LogP contribution < -0.4 is 5.32 Å². The predicted octanol–water partition coefficient (Wildman–Crippen LogP) is 4.92. The van der Waals surface area contributed by atoms with Crippen molar-refractivity contribution in [2.75, 3.05) is 0 Å². The van der Waals surface area contributed by atoms with Crippen molar-refractivity contribution in [1.29, 1.82) is 0 Å².